The smallest absolute Gasteiger partial charge is 0.166 e. The highest BCUT2D eigenvalue weighted by atomic mass is 35.5. The third-order valence-electron chi connectivity index (χ3n) is 2.52. The maximum Gasteiger partial charge on any atom is 0.166 e. The fourth-order valence-corrected chi connectivity index (χ4v) is 1.79. The summed E-state index contributed by atoms with van der Waals surface area (Å²) in [5.74, 6) is 0.0719. The molecule has 4 heteroatoms. The molecule has 0 aliphatic rings. The molecule has 0 bridgehead atoms. The molecule has 0 atom stereocenters. The molecule has 0 saturated carbocycles. The number of halogens is 1. The normalized spacial score (nSPS) is 10.1. The van der Waals surface area contributed by atoms with E-state index >= 15 is 0 Å². The first-order valence-electron chi connectivity index (χ1n) is 5.69. The van der Waals surface area contributed by atoms with Crippen molar-refractivity contribution in [3.63, 3.8) is 0 Å². The molecule has 0 spiro atoms. The second-order valence-corrected chi connectivity index (χ2v) is 4.23. The van der Waals surface area contributed by atoms with Gasteiger partial charge in [0.15, 0.2) is 5.78 Å². The van der Waals surface area contributed by atoms with E-state index in [0.29, 0.717) is 23.6 Å². The maximum atomic E-state index is 11.8. The van der Waals surface area contributed by atoms with Crippen LogP contribution in [0.3, 0.4) is 0 Å². The number of anilines is 1. The summed E-state index contributed by atoms with van der Waals surface area (Å²) in [7, 11) is 0. The average molecular weight is 261 g/mol. The summed E-state index contributed by atoms with van der Waals surface area (Å²) in [6.07, 6.45) is 3.65. The number of ketones is 1. The van der Waals surface area contributed by atoms with Crippen molar-refractivity contribution < 1.29 is 4.79 Å². The van der Waals surface area contributed by atoms with Gasteiger partial charge in [0, 0.05) is 30.9 Å². The Balaban J connectivity index is 1.86. The van der Waals surface area contributed by atoms with Gasteiger partial charge < -0.3 is 5.32 Å². The average Bonchev–Trinajstić information content (AvgIpc) is 2.42. The first-order valence-corrected chi connectivity index (χ1v) is 6.07. The Morgan fingerprint density at radius 1 is 1.22 bits per heavy atom. The van der Waals surface area contributed by atoms with Gasteiger partial charge in [-0.15, -0.1) is 0 Å². The van der Waals surface area contributed by atoms with Gasteiger partial charge in [0.25, 0.3) is 0 Å². The molecule has 0 unspecified atom stereocenters. The monoisotopic (exact) mass is 260 g/mol. The fraction of sp³-hybridized carbons (Fsp3) is 0.143. The highest BCUT2D eigenvalue weighted by Gasteiger charge is 2.05. The molecular formula is C14H13ClN2O. The molecule has 3 nitrogen and oxygen atoms in total. The van der Waals surface area contributed by atoms with Gasteiger partial charge >= 0.3 is 0 Å². The van der Waals surface area contributed by atoms with Crippen LogP contribution in [0.2, 0.25) is 5.02 Å². The number of rotatable bonds is 5. The quantitative estimate of drug-likeness (QED) is 0.838. The van der Waals surface area contributed by atoms with Crippen molar-refractivity contribution in [1.29, 1.82) is 0 Å². The Bertz CT molecular complexity index is 528. The summed E-state index contributed by atoms with van der Waals surface area (Å²) in [5, 5.41) is 3.80. The van der Waals surface area contributed by atoms with Crippen LogP contribution in [-0.2, 0) is 0 Å². The predicted octanol–water partition coefficient (Wildman–Crippen LogP) is 3.42. The van der Waals surface area contributed by atoms with Crippen molar-refractivity contribution in [2.24, 2.45) is 0 Å². The Hall–Kier alpha value is -1.87. The minimum Gasteiger partial charge on any atom is -0.383 e. The van der Waals surface area contributed by atoms with Crippen LogP contribution < -0.4 is 5.32 Å². The first kappa shape index (κ1) is 12.6. The third-order valence-corrected chi connectivity index (χ3v) is 2.85. The molecule has 0 aliphatic heterocycles. The zero-order valence-corrected chi connectivity index (χ0v) is 10.5. The number of hydrogen-bond acceptors (Lipinski definition) is 3. The van der Waals surface area contributed by atoms with Gasteiger partial charge in [-0.1, -0.05) is 23.7 Å². The molecule has 0 aliphatic carbocycles. The topological polar surface area (TPSA) is 42.0 Å². The Kier molecular flexibility index (Phi) is 4.31. The van der Waals surface area contributed by atoms with Gasteiger partial charge in [-0.25, -0.2) is 0 Å². The van der Waals surface area contributed by atoms with E-state index < -0.39 is 0 Å². The van der Waals surface area contributed by atoms with Gasteiger partial charge in [0.05, 0.1) is 10.7 Å². The van der Waals surface area contributed by atoms with Crippen molar-refractivity contribution >= 4 is 23.1 Å². The Morgan fingerprint density at radius 3 is 2.78 bits per heavy atom. The highest BCUT2D eigenvalue weighted by Crippen LogP contribution is 2.20. The van der Waals surface area contributed by atoms with E-state index in [1.807, 2.05) is 24.3 Å². The zero-order valence-electron chi connectivity index (χ0n) is 9.77. The van der Waals surface area contributed by atoms with E-state index in [1.54, 1.807) is 24.5 Å². The lowest BCUT2D eigenvalue weighted by Gasteiger charge is -2.07. The van der Waals surface area contributed by atoms with Crippen LogP contribution in [0.1, 0.15) is 16.8 Å². The minimum atomic E-state index is 0.0719. The maximum absolute atomic E-state index is 11.8. The van der Waals surface area contributed by atoms with Gasteiger partial charge in [0.2, 0.25) is 0 Å². The van der Waals surface area contributed by atoms with E-state index in [-0.39, 0.29) is 5.78 Å². The van der Waals surface area contributed by atoms with E-state index in [9.17, 15) is 4.79 Å². The summed E-state index contributed by atoms with van der Waals surface area (Å²) >= 11 is 6.00. The fourth-order valence-electron chi connectivity index (χ4n) is 1.59. The molecule has 0 fully saturated rings. The van der Waals surface area contributed by atoms with Gasteiger partial charge in [-0.05, 0) is 24.3 Å². The van der Waals surface area contributed by atoms with E-state index in [0.717, 1.165) is 5.69 Å². The van der Waals surface area contributed by atoms with E-state index in [1.165, 1.54) is 0 Å². The second kappa shape index (κ2) is 6.17. The van der Waals surface area contributed by atoms with Crippen LogP contribution in [0, 0.1) is 0 Å². The number of hydrogen-bond donors (Lipinski definition) is 1. The summed E-state index contributed by atoms with van der Waals surface area (Å²) < 4.78 is 0. The minimum absolute atomic E-state index is 0.0719. The van der Waals surface area contributed by atoms with Crippen LogP contribution >= 0.6 is 11.6 Å². The molecule has 1 aromatic carbocycles. The molecule has 1 aromatic heterocycles. The second-order valence-electron chi connectivity index (χ2n) is 3.82. The summed E-state index contributed by atoms with van der Waals surface area (Å²) in [4.78, 5) is 15.7. The molecule has 18 heavy (non-hydrogen) atoms. The van der Waals surface area contributed by atoms with Crippen molar-refractivity contribution in [3.05, 3.63) is 59.4 Å². The first-order chi connectivity index (χ1) is 8.77. The largest absolute Gasteiger partial charge is 0.383 e. The number of pyridine rings is 1. The molecule has 1 heterocycles. The van der Waals surface area contributed by atoms with Crippen LogP contribution in [0.5, 0.6) is 0 Å². The zero-order chi connectivity index (χ0) is 12.8. The van der Waals surface area contributed by atoms with Gasteiger partial charge in [-0.3, -0.25) is 9.78 Å². The lowest BCUT2D eigenvalue weighted by molar-refractivity contribution is 0.0986. The summed E-state index contributed by atoms with van der Waals surface area (Å²) in [6.45, 7) is 0.553. The van der Waals surface area contributed by atoms with Crippen molar-refractivity contribution in [2.75, 3.05) is 11.9 Å². The third kappa shape index (κ3) is 3.31. The molecule has 0 radical (unpaired) electrons. The van der Waals surface area contributed by atoms with Gasteiger partial charge in [-0.2, -0.15) is 0 Å². The molecule has 0 amide bonds. The van der Waals surface area contributed by atoms with Crippen molar-refractivity contribution in [2.45, 2.75) is 6.42 Å². The number of benzene rings is 1. The van der Waals surface area contributed by atoms with Crippen molar-refractivity contribution in [3.8, 4) is 0 Å². The predicted molar refractivity (Wildman–Crippen MR) is 73.1 cm³/mol. The lowest BCUT2D eigenvalue weighted by Crippen LogP contribution is -2.09. The number of carbonyl (C=O) groups excluding carboxylic acids is 1. The molecular weight excluding hydrogens is 248 g/mol. The Morgan fingerprint density at radius 2 is 2.06 bits per heavy atom. The number of Topliss-reactive ketones (excluding diaryl/α,β-unsaturated/α-hetero) is 1. The molecule has 0 saturated heterocycles. The van der Waals surface area contributed by atoms with Gasteiger partial charge in [0.1, 0.15) is 0 Å². The van der Waals surface area contributed by atoms with E-state index in [4.69, 9.17) is 11.6 Å². The molecule has 92 valence electrons. The number of nitrogens with zero attached hydrogens (tertiary/aromatic N) is 1. The number of aromatic nitrogens is 1. The Labute approximate surface area is 111 Å². The SMILES string of the molecule is O=C(CCNc1ccccc1Cl)c1cccnc1. The molecule has 2 rings (SSSR count). The van der Waals surface area contributed by atoms with Crippen LogP contribution in [-0.4, -0.2) is 17.3 Å². The van der Waals surface area contributed by atoms with Crippen molar-refractivity contribution in [1.82, 2.24) is 4.98 Å². The molecule has 2 aromatic rings. The number of para-hydroxylation sites is 1. The number of nitrogens with one attached hydrogen (secondary N) is 1. The summed E-state index contributed by atoms with van der Waals surface area (Å²) in [6, 6.07) is 11.0. The highest BCUT2D eigenvalue weighted by molar-refractivity contribution is 6.33. The van der Waals surface area contributed by atoms with Crippen LogP contribution in [0.25, 0.3) is 0 Å². The molecule has 1 N–H and O–H groups in total. The summed E-state index contributed by atoms with van der Waals surface area (Å²) in [5.41, 5.74) is 1.48. The van der Waals surface area contributed by atoms with Crippen LogP contribution in [0.15, 0.2) is 48.8 Å². The number of carbonyl (C=O) groups is 1. The van der Waals surface area contributed by atoms with Crippen LogP contribution in [0.4, 0.5) is 5.69 Å². The lowest BCUT2D eigenvalue weighted by atomic mass is 10.1. The van der Waals surface area contributed by atoms with E-state index in [2.05, 4.69) is 10.3 Å². The standard InChI is InChI=1S/C14H13ClN2O/c15-12-5-1-2-6-13(12)17-9-7-14(18)11-4-3-8-16-10-11/h1-6,8,10,17H,7,9H2.